The summed E-state index contributed by atoms with van der Waals surface area (Å²) in [7, 11) is 0. The largest absolute Gasteiger partial charge is 0.311 e. The van der Waals surface area contributed by atoms with E-state index in [4.69, 9.17) is 5.10 Å². The molecule has 20 heavy (non-hydrogen) atoms. The maximum Gasteiger partial charge on any atom is 0.0659 e. The molecule has 0 spiro atoms. The average Bonchev–Trinajstić information content (AvgIpc) is 3.14. The molecule has 1 aliphatic carbocycles. The lowest BCUT2D eigenvalue weighted by Crippen LogP contribution is -2.18. The van der Waals surface area contributed by atoms with Crippen LogP contribution >= 0.6 is 12.4 Å². The highest BCUT2D eigenvalue weighted by Gasteiger charge is 2.27. The smallest absolute Gasteiger partial charge is 0.0659 e. The quantitative estimate of drug-likeness (QED) is 0.684. The van der Waals surface area contributed by atoms with E-state index in [9.17, 15) is 0 Å². The summed E-state index contributed by atoms with van der Waals surface area (Å²) in [5, 5.41) is 8.34. The second-order valence-corrected chi connectivity index (χ2v) is 6.11. The third kappa shape index (κ3) is 5.10. The molecule has 1 aromatic heterocycles. The molecule has 1 N–H and O–H groups in total. The summed E-state index contributed by atoms with van der Waals surface area (Å²) in [6.07, 6.45) is 7.97. The monoisotopic (exact) mass is 299 g/mol. The summed E-state index contributed by atoms with van der Waals surface area (Å²) in [4.78, 5) is 0. The van der Waals surface area contributed by atoms with E-state index in [1.165, 1.54) is 49.9 Å². The molecule has 0 atom stereocenters. The molecule has 1 fully saturated rings. The molecule has 4 heteroatoms. The molecule has 1 saturated carbocycles. The molecule has 0 radical (unpaired) electrons. The van der Waals surface area contributed by atoms with Gasteiger partial charge in [-0.05, 0) is 45.7 Å². The molecule has 0 unspecified atom stereocenters. The van der Waals surface area contributed by atoms with Crippen LogP contribution in [-0.4, -0.2) is 16.3 Å². The van der Waals surface area contributed by atoms with Crippen LogP contribution in [0.25, 0.3) is 0 Å². The number of hydrogen-bond acceptors (Lipinski definition) is 2. The van der Waals surface area contributed by atoms with Gasteiger partial charge in [0, 0.05) is 18.5 Å². The zero-order valence-electron chi connectivity index (χ0n) is 13.2. The lowest BCUT2D eigenvalue weighted by molar-refractivity contribution is 0.488. The molecular formula is C16H30ClN3. The topological polar surface area (TPSA) is 29.9 Å². The fraction of sp³-hybridized carbons (Fsp3) is 0.812. The Balaban J connectivity index is 0.00000200. The number of aromatic nitrogens is 2. The van der Waals surface area contributed by atoms with Gasteiger partial charge in [0.25, 0.3) is 0 Å². The molecule has 1 aromatic rings. The molecule has 0 saturated heterocycles. The van der Waals surface area contributed by atoms with Crippen LogP contribution < -0.4 is 5.32 Å². The van der Waals surface area contributed by atoms with E-state index in [1.807, 2.05) is 0 Å². The van der Waals surface area contributed by atoms with Gasteiger partial charge in [0.05, 0.1) is 11.4 Å². The Labute approximate surface area is 129 Å². The van der Waals surface area contributed by atoms with Crippen molar-refractivity contribution >= 4 is 12.4 Å². The highest BCUT2D eigenvalue weighted by molar-refractivity contribution is 5.85. The summed E-state index contributed by atoms with van der Waals surface area (Å²) < 4.78 is 2.20. The average molecular weight is 300 g/mol. The van der Waals surface area contributed by atoms with Gasteiger partial charge in [0.1, 0.15) is 0 Å². The highest BCUT2D eigenvalue weighted by Crippen LogP contribution is 2.39. The second-order valence-electron chi connectivity index (χ2n) is 6.11. The van der Waals surface area contributed by atoms with Crippen molar-refractivity contribution in [1.29, 1.82) is 0 Å². The number of nitrogens with one attached hydrogen (secondary N) is 1. The minimum Gasteiger partial charge on any atom is -0.311 e. The zero-order valence-corrected chi connectivity index (χ0v) is 14.0. The summed E-state index contributed by atoms with van der Waals surface area (Å²) in [6.45, 7) is 8.78. The van der Waals surface area contributed by atoms with Crippen molar-refractivity contribution in [1.82, 2.24) is 15.1 Å². The number of halogens is 1. The molecule has 2 rings (SSSR count). The number of rotatable bonds is 9. The van der Waals surface area contributed by atoms with Crippen molar-refractivity contribution in [3.63, 3.8) is 0 Å². The van der Waals surface area contributed by atoms with Gasteiger partial charge in [-0.3, -0.25) is 4.68 Å². The Hall–Kier alpha value is -0.540. The normalized spacial score (nSPS) is 14.6. The number of unbranched alkanes of at least 4 members (excludes halogenated alkanes) is 3. The molecular weight excluding hydrogens is 270 g/mol. The maximum absolute atomic E-state index is 4.78. The summed E-state index contributed by atoms with van der Waals surface area (Å²) in [6, 6.07) is 2.78. The first-order valence-corrected chi connectivity index (χ1v) is 8.01. The van der Waals surface area contributed by atoms with Crippen LogP contribution in [0.2, 0.25) is 0 Å². The molecule has 0 aromatic carbocycles. The fourth-order valence-electron chi connectivity index (χ4n) is 2.51. The van der Waals surface area contributed by atoms with Gasteiger partial charge in [-0.25, -0.2) is 0 Å². The Morgan fingerprint density at radius 2 is 2.05 bits per heavy atom. The van der Waals surface area contributed by atoms with Crippen LogP contribution in [0.3, 0.4) is 0 Å². The Bertz CT molecular complexity index is 383. The van der Waals surface area contributed by atoms with Gasteiger partial charge >= 0.3 is 0 Å². The summed E-state index contributed by atoms with van der Waals surface area (Å²) >= 11 is 0. The lowest BCUT2D eigenvalue weighted by atomic mass is 10.2. The molecule has 0 bridgehead atoms. The van der Waals surface area contributed by atoms with Crippen LogP contribution in [0.15, 0.2) is 6.07 Å². The van der Waals surface area contributed by atoms with Crippen LogP contribution in [0.5, 0.6) is 0 Å². The first kappa shape index (κ1) is 17.5. The van der Waals surface area contributed by atoms with Gasteiger partial charge in [-0.1, -0.05) is 26.2 Å². The minimum absolute atomic E-state index is 0. The van der Waals surface area contributed by atoms with E-state index in [1.54, 1.807) is 0 Å². The van der Waals surface area contributed by atoms with Crippen molar-refractivity contribution in [3.05, 3.63) is 17.5 Å². The molecule has 116 valence electrons. The summed E-state index contributed by atoms with van der Waals surface area (Å²) in [5.41, 5.74) is 2.67. The van der Waals surface area contributed by atoms with Gasteiger partial charge in [-0.15, -0.1) is 12.4 Å². The van der Waals surface area contributed by atoms with Gasteiger partial charge < -0.3 is 5.32 Å². The first-order valence-electron chi connectivity index (χ1n) is 8.01. The fourth-order valence-corrected chi connectivity index (χ4v) is 2.51. The molecule has 3 nitrogen and oxygen atoms in total. The zero-order chi connectivity index (χ0) is 13.7. The van der Waals surface area contributed by atoms with Crippen LogP contribution in [0, 0.1) is 0 Å². The summed E-state index contributed by atoms with van der Waals surface area (Å²) in [5.74, 6) is 0.753. The van der Waals surface area contributed by atoms with E-state index in [-0.39, 0.29) is 12.4 Å². The Morgan fingerprint density at radius 1 is 1.30 bits per heavy atom. The Morgan fingerprint density at radius 3 is 2.65 bits per heavy atom. The standard InChI is InChI=1S/C16H29N3.ClH/c1-4-5-6-7-10-17-12-15-11-16(14-8-9-14)18-19(15)13(2)3;/h11,13-14,17H,4-10,12H2,1-3H3;1H. The molecule has 0 amide bonds. The van der Waals surface area contributed by atoms with Crippen LogP contribution in [-0.2, 0) is 6.54 Å². The molecule has 0 aliphatic heterocycles. The van der Waals surface area contributed by atoms with Gasteiger partial charge in [0.2, 0.25) is 0 Å². The van der Waals surface area contributed by atoms with Crippen LogP contribution in [0.1, 0.15) is 82.6 Å². The van der Waals surface area contributed by atoms with Crippen molar-refractivity contribution in [3.8, 4) is 0 Å². The lowest BCUT2D eigenvalue weighted by Gasteiger charge is -2.11. The Kier molecular flexibility index (Phi) is 7.60. The number of hydrogen-bond donors (Lipinski definition) is 1. The van der Waals surface area contributed by atoms with Crippen molar-refractivity contribution in [2.45, 2.75) is 77.8 Å². The minimum atomic E-state index is 0. The van der Waals surface area contributed by atoms with E-state index in [2.05, 4.69) is 36.8 Å². The maximum atomic E-state index is 4.78. The predicted molar refractivity (Wildman–Crippen MR) is 87.7 cm³/mol. The van der Waals surface area contributed by atoms with Crippen molar-refractivity contribution in [2.24, 2.45) is 0 Å². The first-order chi connectivity index (χ1) is 9.22. The second kappa shape index (κ2) is 8.68. The third-order valence-corrected chi connectivity index (χ3v) is 3.83. The highest BCUT2D eigenvalue weighted by atomic mass is 35.5. The third-order valence-electron chi connectivity index (χ3n) is 3.83. The molecule has 1 heterocycles. The van der Waals surface area contributed by atoms with Gasteiger partial charge in [-0.2, -0.15) is 5.10 Å². The SMILES string of the molecule is CCCCCCNCc1cc(C2CC2)nn1C(C)C.Cl. The van der Waals surface area contributed by atoms with Crippen molar-refractivity contribution < 1.29 is 0 Å². The van der Waals surface area contributed by atoms with E-state index in [0.29, 0.717) is 6.04 Å². The van der Waals surface area contributed by atoms with Gasteiger partial charge in [0.15, 0.2) is 0 Å². The van der Waals surface area contributed by atoms with E-state index in [0.717, 1.165) is 19.0 Å². The van der Waals surface area contributed by atoms with Crippen molar-refractivity contribution in [2.75, 3.05) is 6.54 Å². The predicted octanol–water partition coefficient (Wildman–Crippen LogP) is 4.43. The molecule has 1 aliphatic rings. The van der Waals surface area contributed by atoms with Crippen LogP contribution in [0.4, 0.5) is 0 Å². The van der Waals surface area contributed by atoms with E-state index >= 15 is 0 Å². The van der Waals surface area contributed by atoms with E-state index < -0.39 is 0 Å². The number of nitrogens with zero attached hydrogens (tertiary/aromatic N) is 2.